The molecule has 0 radical (unpaired) electrons. The van der Waals surface area contributed by atoms with Gasteiger partial charge in [0.2, 0.25) is 0 Å². The first-order valence-corrected chi connectivity index (χ1v) is 6.90. The number of hydrogen-bond donors (Lipinski definition) is 0. The van der Waals surface area contributed by atoms with Crippen molar-refractivity contribution in [1.29, 1.82) is 5.26 Å². The van der Waals surface area contributed by atoms with Crippen LogP contribution in [0.3, 0.4) is 0 Å². The first-order chi connectivity index (χ1) is 9.60. The molecule has 0 aliphatic heterocycles. The van der Waals surface area contributed by atoms with Crippen LogP contribution in [-0.2, 0) is 16.6 Å². The van der Waals surface area contributed by atoms with Gasteiger partial charge < -0.3 is 0 Å². The van der Waals surface area contributed by atoms with Gasteiger partial charge in [-0.1, -0.05) is 0 Å². The first-order valence-electron chi connectivity index (χ1n) is 5.58. The second kappa shape index (κ2) is 6.04. The molecular weight excluding hydrogens is 278 g/mol. The van der Waals surface area contributed by atoms with Gasteiger partial charge in [0, 0.05) is 23.2 Å². The van der Waals surface area contributed by atoms with Crippen LogP contribution in [0.2, 0.25) is 0 Å². The van der Waals surface area contributed by atoms with Crippen molar-refractivity contribution in [3.8, 4) is 6.07 Å². The van der Waals surface area contributed by atoms with Crippen LogP contribution in [0.15, 0.2) is 47.5 Å². The van der Waals surface area contributed by atoms with E-state index >= 15 is 0 Å². The number of benzene rings is 1. The van der Waals surface area contributed by atoms with Crippen LogP contribution in [0, 0.1) is 21.4 Å². The van der Waals surface area contributed by atoms with Crippen molar-refractivity contribution >= 4 is 16.5 Å². The van der Waals surface area contributed by atoms with Crippen molar-refractivity contribution in [2.24, 2.45) is 0 Å². The fourth-order valence-corrected chi connectivity index (χ4v) is 2.67. The van der Waals surface area contributed by atoms with Crippen molar-refractivity contribution in [1.82, 2.24) is 4.98 Å². The number of nitro benzene ring substituents is 1. The SMILES string of the molecule is N#Cc1cc(CS(=O)c2ccc([N+](=O)[O-])cc2)ccn1. The Morgan fingerprint density at radius 2 is 2.00 bits per heavy atom. The Balaban J connectivity index is 2.15. The van der Waals surface area contributed by atoms with Crippen LogP contribution < -0.4 is 0 Å². The van der Waals surface area contributed by atoms with E-state index in [9.17, 15) is 14.3 Å². The molecule has 0 aliphatic carbocycles. The molecule has 20 heavy (non-hydrogen) atoms. The Hall–Kier alpha value is -2.59. The summed E-state index contributed by atoms with van der Waals surface area (Å²) >= 11 is 0. The first kappa shape index (κ1) is 13.8. The van der Waals surface area contributed by atoms with Crippen molar-refractivity contribution in [3.63, 3.8) is 0 Å². The number of hydrogen-bond acceptors (Lipinski definition) is 5. The van der Waals surface area contributed by atoms with Gasteiger partial charge in [-0.3, -0.25) is 14.3 Å². The topological polar surface area (TPSA) is 96.9 Å². The summed E-state index contributed by atoms with van der Waals surface area (Å²) in [6, 6.07) is 10.8. The summed E-state index contributed by atoms with van der Waals surface area (Å²) in [6.07, 6.45) is 1.49. The van der Waals surface area contributed by atoms with E-state index in [1.165, 1.54) is 30.5 Å². The van der Waals surface area contributed by atoms with E-state index in [0.29, 0.717) is 4.90 Å². The largest absolute Gasteiger partial charge is 0.269 e. The zero-order valence-corrected chi connectivity index (χ0v) is 11.0. The normalized spacial score (nSPS) is 11.6. The number of pyridine rings is 1. The van der Waals surface area contributed by atoms with Gasteiger partial charge in [0.1, 0.15) is 11.8 Å². The maximum absolute atomic E-state index is 12.1. The lowest BCUT2D eigenvalue weighted by Crippen LogP contribution is -1.98. The van der Waals surface area contributed by atoms with Gasteiger partial charge >= 0.3 is 0 Å². The molecule has 2 rings (SSSR count). The van der Waals surface area contributed by atoms with Crippen LogP contribution in [0.4, 0.5) is 5.69 Å². The van der Waals surface area contributed by atoms with Crippen LogP contribution in [-0.4, -0.2) is 14.1 Å². The number of nitro groups is 1. The molecule has 0 aliphatic rings. The Kier molecular flexibility index (Phi) is 4.17. The summed E-state index contributed by atoms with van der Waals surface area (Å²) in [7, 11) is -1.33. The van der Waals surface area contributed by atoms with Crippen LogP contribution in [0.25, 0.3) is 0 Å². The lowest BCUT2D eigenvalue weighted by molar-refractivity contribution is -0.384. The van der Waals surface area contributed by atoms with Gasteiger partial charge in [-0.2, -0.15) is 5.26 Å². The van der Waals surface area contributed by atoms with Gasteiger partial charge in [-0.05, 0) is 29.8 Å². The third-order valence-corrected chi connectivity index (χ3v) is 3.94. The molecule has 0 N–H and O–H groups in total. The summed E-state index contributed by atoms with van der Waals surface area (Å²) in [6.45, 7) is 0. The molecule has 100 valence electrons. The lowest BCUT2D eigenvalue weighted by Gasteiger charge is -2.02. The van der Waals surface area contributed by atoms with E-state index in [-0.39, 0.29) is 17.1 Å². The predicted octanol–water partition coefficient (Wildman–Crippen LogP) is 2.17. The summed E-state index contributed by atoms with van der Waals surface area (Å²) in [5.74, 6) is 0.231. The quantitative estimate of drug-likeness (QED) is 0.634. The van der Waals surface area contributed by atoms with Crippen molar-refractivity contribution < 1.29 is 9.13 Å². The number of nitrogens with zero attached hydrogens (tertiary/aromatic N) is 3. The van der Waals surface area contributed by atoms with E-state index in [0.717, 1.165) is 5.56 Å². The molecule has 0 bridgehead atoms. The average Bonchev–Trinajstić information content (AvgIpc) is 2.47. The summed E-state index contributed by atoms with van der Waals surface area (Å²) in [5.41, 5.74) is 0.956. The predicted molar refractivity (Wildman–Crippen MR) is 72.2 cm³/mol. The second-order valence-electron chi connectivity index (χ2n) is 3.90. The minimum atomic E-state index is -1.33. The molecule has 0 saturated carbocycles. The molecule has 7 heteroatoms. The zero-order valence-electron chi connectivity index (χ0n) is 10.2. The van der Waals surface area contributed by atoms with Crippen molar-refractivity contribution in [3.05, 3.63) is 64.0 Å². The molecule has 2 aromatic rings. The monoisotopic (exact) mass is 287 g/mol. The summed E-state index contributed by atoms with van der Waals surface area (Å²) in [4.78, 5) is 14.4. The fourth-order valence-electron chi connectivity index (χ4n) is 1.58. The third kappa shape index (κ3) is 3.24. The smallest absolute Gasteiger partial charge is 0.258 e. The zero-order chi connectivity index (χ0) is 14.5. The van der Waals surface area contributed by atoms with Crippen LogP contribution in [0.5, 0.6) is 0 Å². The number of rotatable bonds is 4. The highest BCUT2D eigenvalue weighted by atomic mass is 32.2. The lowest BCUT2D eigenvalue weighted by atomic mass is 10.2. The van der Waals surface area contributed by atoms with E-state index in [2.05, 4.69) is 4.98 Å². The van der Waals surface area contributed by atoms with E-state index in [4.69, 9.17) is 5.26 Å². The second-order valence-corrected chi connectivity index (χ2v) is 5.35. The van der Waals surface area contributed by atoms with Crippen molar-refractivity contribution in [2.45, 2.75) is 10.6 Å². The molecule has 1 unspecified atom stereocenters. The Morgan fingerprint density at radius 1 is 1.30 bits per heavy atom. The van der Waals surface area contributed by atoms with Gasteiger partial charge in [0.25, 0.3) is 5.69 Å². The molecular formula is C13H9N3O3S. The van der Waals surface area contributed by atoms with Gasteiger partial charge in [0.05, 0.1) is 21.5 Å². The highest BCUT2D eigenvalue weighted by molar-refractivity contribution is 7.84. The Labute approximate surface area is 117 Å². The minimum absolute atomic E-state index is 0.0403. The maximum Gasteiger partial charge on any atom is 0.269 e. The molecule has 1 aromatic carbocycles. The molecule has 0 fully saturated rings. The molecule has 0 saturated heterocycles. The van der Waals surface area contributed by atoms with Crippen LogP contribution in [0.1, 0.15) is 11.3 Å². The highest BCUT2D eigenvalue weighted by Gasteiger charge is 2.09. The van der Waals surface area contributed by atoms with E-state index in [1.54, 1.807) is 12.1 Å². The molecule has 6 nitrogen and oxygen atoms in total. The van der Waals surface area contributed by atoms with Gasteiger partial charge in [-0.25, -0.2) is 4.98 Å². The molecule has 1 aromatic heterocycles. The number of non-ortho nitro benzene ring substituents is 1. The molecule has 0 amide bonds. The van der Waals surface area contributed by atoms with E-state index in [1.807, 2.05) is 6.07 Å². The fraction of sp³-hybridized carbons (Fsp3) is 0.0769. The number of aromatic nitrogens is 1. The molecule has 1 atom stereocenters. The average molecular weight is 287 g/mol. The van der Waals surface area contributed by atoms with E-state index < -0.39 is 15.7 Å². The van der Waals surface area contributed by atoms with Crippen LogP contribution >= 0.6 is 0 Å². The maximum atomic E-state index is 12.1. The third-order valence-electron chi connectivity index (χ3n) is 2.55. The molecule has 0 spiro atoms. The summed E-state index contributed by atoms with van der Waals surface area (Å²) < 4.78 is 12.1. The standard InChI is InChI=1S/C13H9N3O3S/c14-8-11-7-10(5-6-15-11)9-20(19)13-3-1-12(2-4-13)16(17)18/h1-7H,9H2. The molecule has 1 heterocycles. The minimum Gasteiger partial charge on any atom is -0.258 e. The van der Waals surface area contributed by atoms with Gasteiger partial charge in [-0.15, -0.1) is 0 Å². The Morgan fingerprint density at radius 3 is 2.60 bits per heavy atom. The van der Waals surface area contributed by atoms with Crippen molar-refractivity contribution in [2.75, 3.05) is 0 Å². The highest BCUT2D eigenvalue weighted by Crippen LogP contribution is 2.17. The van der Waals surface area contributed by atoms with Gasteiger partial charge in [0.15, 0.2) is 0 Å². The number of nitriles is 1. The Bertz CT molecular complexity index is 708. The summed E-state index contributed by atoms with van der Waals surface area (Å²) in [5, 5.41) is 19.3.